The summed E-state index contributed by atoms with van der Waals surface area (Å²) in [5.41, 5.74) is 0.769. The maximum Gasteiger partial charge on any atom is 0.264 e. The molecule has 0 saturated heterocycles. The number of amides is 1. The van der Waals surface area contributed by atoms with Crippen LogP contribution in [-0.4, -0.2) is 39.4 Å². The first-order chi connectivity index (χ1) is 12.8. The highest BCUT2D eigenvalue weighted by Gasteiger charge is 2.29. The van der Waals surface area contributed by atoms with E-state index in [1.807, 2.05) is 13.0 Å². The summed E-state index contributed by atoms with van der Waals surface area (Å²) in [6.07, 6.45) is 2.27. The van der Waals surface area contributed by atoms with Gasteiger partial charge in [-0.15, -0.1) is 0 Å². The lowest BCUT2D eigenvalue weighted by Gasteiger charge is -2.23. The number of hydrogen-bond donors (Lipinski definition) is 0. The van der Waals surface area contributed by atoms with Gasteiger partial charge in [0.15, 0.2) is 0 Å². The molecule has 0 N–H and O–H groups in total. The molecule has 1 aliphatic carbocycles. The highest BCUT2D eigenvalue weighted by Crippen LogP contribution is 2.31. The number of rotatable bonds is 7. The van der Waals surface area contributed by atoms with Crippen LogP contribution in [0, 0.1) is 5.92 Å². The Hall–Kier alpha value is -2.05. The summed E-state index contributed by atoms with van der Waals surface area (Å²) in [5.74, 6) is 0.317. The molecule has 1 saturated carbocycles. The molecule has 2 aromatic rings. The first-order valence-corrected chi connectivity index (χ1v) is 10.8. The van der Waals surface area contributed by atoms with Crippen molar-refractivity contribution in [3.8, 4) is 0 Å². The Morgan fingerprint density at radius 3 is 2.41 bits per heavy atom. The fourth-order valence-corrected chi connectivity index (χ4v) is 4.32. The van der Waals surface area contributed by atoms with Crippen LogP contribution < -0.4 is 4.31 Å². The molecule has 0 aliphatic heterocycles. The van der Waals surface area contributed by atoms with Gasteiger partial charge in [0.1, 0.15) is 0 Å². The van der Waals surface area contributed by atoms with Crippen LogP contribution in [0.5, 0.6) is 0 Å². The Morgan fingerprint density at radius 2 is 1.81 bits per heavy atom. The van der Waals surface area contributed by atoms with Crippen molar-refractivity contribution in [2.24, 2.45) is 5.92 Å². The van der Waals surface area contributed by atoms with E-state index in [0.29, 0.717) is 24.7 Å². The third-order valence-electron chi connectivity index (χ3n) is 4.79. The summed E-state index contributed by atoms with van der Waals surface area (Å²) < 4.78 is 27.2. The van der Waals surface area contributed by atoms with Crippen molar-refractivity contribution >= 4 is 33.2 Å². The highest BCUT2D eigenvalue weighted by atomic mass is 35.5. The van der Waals surface area contributed by atoms with E-state index in [2.05, 4.69) is 0 Å². The van der Waals surface area contributed by atoms with Crippen molar-refractivity contribution in [3.05, 3.63) is 59.1 Å². The van der Waals surface area contributed by atoms with Gasteiger partial charge in [-0.2, -0.15) is 0 Å². The zero-order valence-electron chi connectivity index (χ0n) is 15.4. The molecular formula is C20H23ClN2O3S. The summed E-state index contributed by atoms with van der Waals surface area (Å²) in [7, 11) is -2.31. The van der Waals surface area contributed by atoms with Gasteiger partial charge in [-0.3, -0.25) is 9.10 Å². The Kier molecular flexibility index (Phi) is 5.77. The minimum absolute atomic E-state index is 0.0454. The molecule has 1 aliphatic rings. The monoisotopic (exact) mass is 406 g/mol. The maximum atomic E-state index is 13.0. The number of anilines is 1. The SMILES string of the molecule is CCN(CC1CC1)C(=O)c1cc(S(=O)(=O)N(C)c2ccccc2)ccc1Cl. The highest BCUT2D eigenvalue weighted by molar-refractivity contribution is 7.92. The van der Waals surface area contributed by atoms with Crippen LogP contribution in [0.3, 0.4) is 0 Å². The van der Waals surface area contributed by atoms with Crippen LogP contribution in [0.4, 0.5) is 5.69 Å². The van der Waals surface area contributed by atoms with Crippen LogP contribution in [0.2, 0.25) is 5.02 Å². The van der Waals surface area contributed by atoms with Crippen LogP contribution >= 0.6 is 11.6 Å². The fraction of sp³-hybridized carbons (Fsp3) is 0.350. The number of para-hydroxylation sites is 1. The number of benzene rings is 2. The summed E-state index contributed by atoms with van der Waals surface area (Å²) in [4.78, 5) is 14.7. The molecular weight excluding hydrogens is 384 g/mol. The summed E-state index contributed by atoms with van der Waals surface area (Å²) >= 11 is 6.24. The molecule has 0 spiro atoms. The molecule has 0 heterocycles. The van der Waals surface area contributed by atoms with Crippen molar-refractivity contribution in [1.82, 2.24) is 4.90 Å². The van der Waals surface area contributed by atoms with E-state index in [1.165, 1.54) is 29.6 Å². The van der Waals surface area contributed by atoms with Crippen molar-refractivity contribution < 1.29 is 13.2 Å². The molecule has 0 aromatic heterocycles. The average molecular weight is 407 g/mol. The number of hydrogen-bond acceptors (Lipinski definition) is 3. The zero-order valence-corrected chi connectivity index (χ0v) is 17.0. The van der Waals surface area contributed by atoms with E-state index in [0.717, 1.165) is 12.8 Å². The van der Waals surface area contributed by atoms with Crippen LogP contribution in [0.1, 0.15) is 30.1 Å². The molecule has 2 aromatic carbocycles. The van der Waals surface area contributed by atoms with Gasteiger partial charge in [0.05, 0.1) is 21.2 Å². The van der Waals surface area contributed by atoms with Gasteiger partial charge >= 0.3 is 0 Å². The van der Waals surface area contributed by atoms with E-state index in [4.69, 9.17) is 11.6 Å². The van der Waals surface area contributed by atoms with Crippen molar-refractivity contribution in [2.75, 3.05) is 24.4 Å². The topological polar surface area (TPSA) is 57.7 Å². The first-order valence-electron chi connectivity index (χ1n) is 8.97. The van der Waals surface area contributed by atoms with E-state index >= 15 is 0 Å². The summed E-state index contributed by atoms with van der Waals surface area (Å²) in [6.45, 7) is 3.16. The van der Waals surface area contributed by atoms with Crippen molar-refractivity contribution in [1.29, 1.82) is 0 Å². The molecule has 27 heavy (non-hydrogen) atoms. The molecule has 7 heteroatoms. The second-order valence-corrected chi connectivity index (χ2v) is 9.11. The number of carbonyl (C=O) groups excluding carboxylic acids is 1. The van der Waals surface area contributed by atoms with Crippen molar-refractivity contribution in [2.45, 2.75) is 24.7 Å². The lowest BCUT2D eigenvalue weighted by molar-refractivity contribution is 0.0757. The van der Waals surface area contributed by atoms with Gasteiger partial charge in [-0.05, 0) is 56.0 Å². The van der Waals surface area contributed by atoms with Crippen LogP contribution in [0.15, 0.2) is 53.4 Å². The number of halogens is 1. The lowest BCUT2D eigenvalue weighted by Crippen LogP contribution is -2.33. The van der Waals surface area contributed by atoms with Crippen LogP contribution in [0.25, 0.3) is 0 Å². The Balaban J connectivity index is 1.93. The molecule has 0 atom stereocenters. The third kappa shape index (κ3) is 4.28. The Labute approximate surface area is 165 Å². The average Bonchev–Trinajstić information content (AvgIpc) is 3.50. The van der Waals surface area contributed by atoms with Gasteiger partial charge in [-0.25, -0.2) is 8.42 Å². The molecule has 144 valence electrons. The van der Waals surface area contributed by atoms with E-state index in [-0.39, 0.29) is 21.4 Å². The molecule has 0 bridgehead atoms. The first kappa shape index (κ1) is 19.7. The molecule has 1 fully saturated rings. The second kappa shape index (κ2) is 7.90. The normalized spacial score (nSPS) is 14.0. The second-order valence-electron chi connectivity index (χ2n) is 6.74. The number of carbonyl (C=O) groups is 1. The predicted octanol–water partition coefficient (Wildman–Crippen LogP) is 4.04. The van der Waals surface area contributed by atoms with E-state index in [1.54, 1.807) is 29.2 Å². The minimum atomic E-state index is -3.80. The van der Waals surface area contributed by atoms with Gasteiger partial charge in [0.2, 0.25) is 0 Å². The standard InChI is InChI=1S/C20H23ClN2O3S/c1-3-23(14-15-9-10-15)20(24)18-13-17(11-12-19(18)21)27(25,26)22(2)16-7-5-4-6-8-16/h4-8,11-13,15H,3,9-10,14H2,1-2H3. The number of sulfonamides is 1. The summed E-state index contributed by atoms with van der Waals surface area (Å²) in [6, 6.07) is 13.1. The molecule has 0 unspecified atom stereocenters. The fourth-order valence-electron chi connectivity index (χ4n) is 2.90. The van der Waals surface area contributed by atoms with Crippen molar-refractivity contribution in [3.63, 3.8) is 0 Å². The Bertz CT molecular complexity index is 927. The molecule has 3 rings (SSSR count). The lowest BCUT2D eigenvalue weighted by atomic mass is 10.2. The number of nitrogens with zero attached hydrogens (tertiary/aromatic N) is 2. The summed E-state index contributed by atoms with van der Waals surface area (Å²) in [5, 5.41) is 0.260. The quantitative estimate of drug-likeness (QED) is 0.697. The zero-order chi connectivity index (χ0) is 19.6. The third-order valence-corrected chi connectivity index (χ3v) is 6.90. The van der Waals surface area contributed by atoms with Gasteiger partial charge in [0.25, 0.3) is 15.9 Å². The minimum Gasteiger partial charge on any atom is -0.339 e. The molecule has 1 amide bonds. The molecule has 0 radical (unpaired) electrons. The predicted molar refractivity (Wildman–Crippen MR) is 108 cm³/mol. The maximum absolute atomic E-state index is 13.0. The molecule has 5 nitrogen and oxygen atoms in total. The van der Waals surface area contributed by atoms with Gasteiger partial charge < -0.3 is 4.90 Å². The van der Waals surface area contributed by atoms with Crippen LogP contribution in [-0.2, 0) is 10.0 Å². The largest absolute Gasteiger partial charge is 0.339 e. The van der Waals surface area contributed by atoms with Gasteiger partial charge in [0, 0.05) is 20.1 Å². The van der Waals surface area contributed by atoms with E-state index < -0.39 is 10.0 Å². The Morgan fingerprint density at radius 1 is 1.15 bits per heavy atom. The smallest absolute Gasteiger partial charge is 0.264 e. The van der Waals surface area contributed by atoms with E-state index in [9.17, 15) is 13.2 Å². The van der Waals surface area contributed by atoms with Gasteiger partial charge in [-0.1, -0.05) is 29.8 Å².